The molecule has 0 saturated carbocycles. The van der Waals surface area contributed by atoms with Crippen molar-refractivity contribution in [3.63, 3.8) is 0 Å². The van der Waals surface area contributed by atoms with Gasteiger partial charge in [-0.15, -0.1) is 0 Å². The lowest BCUT2D eigenvalue weighted by Gasteiger charge is -2.08. The van der Waals surface area contributed by atoms with Gasteiger partial charge in [-0.25, -0.2) is 4.39 Å². The third-order valence-corrected chi connectivity index (χ3v) is 3.18. The molecule has 0 heterocycles. The summed E-state index contributed by atoms with van der Waals surface area (Å²) in [5.74, 6) is 0.422. The fourth-order valence-corrected chi connectivity index (χ4v) is 2.21. The van der Waals surface area contributed by atoms with Gasteiger partial charge in [-0.2, -0.15) is 0 Å². The molecule has 0 saturated heterocycles. The van der Waals surface area contributed by atoms with Crippen LogP contribution in [0.15, 0.2) is 42.5 Å². The highest BCUT2D eigenvalue weighted by atomic mass is 19.1. The van der Waals surface area contributed by atoms with Crippen LogP contribution in [0.2, 0.25) is 0 Å². The minimum Gasteiger partial charge on any atom is -0.326 e. The molecule has 2 heteroatoms. The largest absolute Gasteiger partial charge is 0.326 e. The van der Waals surface area contributed by atoms with Crippen LogP contribution in [0.4, 0.5) is 4.39 Å². The summed E-state index contributed by atoms with van der Waals surface area (Å²) in [4.78, 5) is 0. The molecule has 100 valence electrons. The molecule has 19 heavy (non-hydrogen) atoms. The lowest BCUT2D eigenvalue weighted by atomic mass is 9.98. The molecule has 0 atom stereocenters. The minimum atomic E-state index is -0.209. The van der Waals surface area contributed by atoms with Crippen LogP contribution in [-0.2, 0) is 13.0 Å². The van der Waals surface area contributed by atoms with Crippen LogP contribution in [0, 0.1) is 11.7 Å². The van der Waals surface area contributed by atoms with Gasteiger partial charge in [0.2, 0.25) is 0 Å². The van der Waals surface area contributed by atoms with E-state index in [9.17, 15) is 4.39 Å². The first-order valence-corrected chi connectivity index (χ1v) is 6.68. The first-order chi connectivity index (χ1) is 9.10. The van der Waals surface area contributed by atoms with E-state index in [2.05, 4.69) is 26.0 Å². The van der Waals surface area contributed by atoms with E-state index in [-0.39, 0.29) is 5.82 Å². The van der Waals surface area contributed by atoms with Gasteiger partial charge >= 0.3 is 0 Å². The third kappa shape index (κ3) is 3.42. The summed E-state index contributed by atoms with van der Waals surface area (Å²) >= 11 is 0. The summed E-state index contributed by atoms with van der Waals surface area (Å²) in [5.41, 5.74) is 9.16. The van der Waals surface area contributed by atoms with Crippen molar-refractivity contribution in [3.05, 3.63) is 59.4 Å². The molecule has 0 fully saturated rings. The number of benzene rings is 2. The Morgan fingerprint density at radius 1 is 1.00 bits per heavy atom. The van der Waals surface area contributed by atoms with Crippen LogP contribution < -0.4 is 5.73 Å². The van der Waals surface area contributed by atoms with Crippen molar-refractivity contribution < 1.29 is 4.39 Å². The van der Waals surface area contributed by atoms with Crippen LogP contribution in [-0.4, -0.2) is 0 Å². The highest BCUT2D eigenvalue weighted by molar-refractivity contribution is 5.64. The maximum absolute atomic E-state index is 14.0. The quantitative estimate of drug-likeness (QED) is 0.874. The number of rotatable bonds is 4. The Balaban J connectivity index is 2.27. The van der Waals surface area contributed by atoms with Crippen molar-refractivity contribution >= 4 is 0 Å². The average molecular weight is 257 g/mol. The molecule has 2 aromatic carbocycles. The second-order valence-electron chi connectivity index (χ2n) is 5.31. The summed E-state index contributed by atoms with van der Waals surface area (Å²) in [7, 11) is 0. The molecule has 0 bridgehead atoms. The van der Waals surface area contributed by atoms with Gasteiger partial charge < -0.3 is 5.73 Å². The van der Waals surface area contributed by atoms with Gasteiger partial charge in [-0.1, -0.05) is 50.2 Å². The number of hydrogen-bond donors (Lipinski definition) is 1. The van der Waals surface area contributed by atoms with Gasteiger partial charge in [0.25, 0.3) is 0 Å². The normalized spacial score (nSPS) is 11.0. The van der Waals surface area contributed by atoms with Crippen molar-refractivity contribution in [1.82, 2.24) is 0 Å². The lowest BCUT2D eigenvalue weighted by Crippen LogP contribution is -1.97. The van der Waals surface area contributed by atoms with Crippen LogP contribution >= 0.6 is 0 Å². The zero-order chi connectivity index (χ0) is 13.8. The molecular weight excluding hydrogens is 237 g/mol. The van der Waals surface area contributed by atoms with Gasteiger partial charge in [0.1, 0.15) is 5.82 Å². The van der Waals surface area contributed by atoms with Crippen LogP contribution in [0.5, 0.6) is 0 Å². The van der Waals surface area contributed by atoms with Crippen molar-refractivity contribution in [3.8, 4) is 11.1 Å². The first-order valence-electron chi connectivity index (χ1n) is 6.68. The lowest BCUT2D eigenvalue weighted by molar-refractivity contribution is 0.629. The molecule has 0 radical (unpaired) electrons. The highest BCUT2D eigenvalue weighted by Gasteiger charge is 2.06. The molecule has 2 aromatic rings. The van der Waals surface area contributed by atoms with Gasteiger partial charge in [-0.3, -0.25) is 0 Å². The SMILES string of the molecule is CC(C)Cc1ccc(-c2ccc(CN)cc2F)cc1. The van der Waals surface area contributed by atoms with Crippen molar-refractivity contribution in [2.45, 2.75) is 26.8 Å². The highest BCUT2D eigenvalue weighted by Crippen LogP contribution is 2.24. The van der Waals surface area contributed by atoms with Crippen LogP contribution in [0.3, 0.4) is 0 Å². The Bertz CT molecular complexity index is 544. The molecule has 0 spiro atoms. The standard InChI is InChI=1S/C17H20FN/c1-12(2)9-13-3-6-15(7-4-13)16-8-5-14(11-19)10-17(16)18/h3-8,10,12H,9,11,19H2,1-2H3. The second kappa shape index (κ2) is 5.98. The van der Waals surface area contributed by atoms with E-state index in [0.717, 1.165) is 17.5 Å². The Kier molecular flexibility index (Phi) is 4.33. The van der Waals surface area contributed by atoms with E-state index in [1.54, 1.807) is 6.07 Å². The summed E-state index contributed by atoms with van der Waals surface area (Å²) in [5, 5.41) is 0. The summed E-state index contributed by atoms with van der Waals surface area (Å²) in [6.07, 6.45) is 1.05. The van der Waals surface area contributed by atoms with E-state index < -0.39 is 0 Å². The molecule has 0 aliphatic carbocycles. The van der Waals surface area contributed by atoms with E-state index in [0.29, 0.717) is 18.0 Å². The maximum Gasteiger partial charge on any atom is 0.131 e. The predicted molar refractivity (Wildman–Crippen MR) is 78.3 cm³/mol. The molecule has 0 aliphatic rings. The summed E-state index contributed by atoms with van der Waals surface area (Å²) < 4.78 is 14.0. The number of nitrogens with two attached hydrogens (primary N) is 1. The Hall–Kier alpha value is -1.67. The smallest absolute Gasteiger partial charge is 0.131 e. The molecule has 0 amide bonds. The van der Waals surface area contributed by atoms with E-state index in [4.69, 9.17) is 5.73 Å². The zero-order valence-electron chi connectivity index (χ0n) is 11.5. The zero-order valence-corrected chi connectivity index (χ0v) is 11.5. The second-order valence-corrected chi connectivity index (χ2v) is 5.31. The molecule has 0 unspecified atom stereocenters. The number of hydrogen-bond acceptors (Lipinski definition) is 1. The molecule has 2 rings (SSSR count). The van der Waals surface area contributed by atoms with E-state index in [1.165, 1.54) is 11.6 Å². The van der Waals surface area contributed by atoms with Gasteiger partial charge in [0, 0.05) is 12.1 Å². The van der Waals surface area contributed by atoms with Crippen molar-refractivity contribution in [2.24, 2.45) is 11.7 Å². The van der Waals surface area contributed by atoms with Gasteiger partial charge in [-0.05, 0) is 35.1 Å². The van der Waals surface area contributed by atoms with Crippen molar-refractivity contribution in [2.75, 3.05) is 0 Å². The van der Waals surface area contributed by atoms with Crippen LogP contribution in [0.1, 0.15) is 25.0 Å². The third-order valence-electron chi connectivity index (χ3n) is 3.18. The Morgan fingerprint density at radius 2 is 1.63 bits per heavy atom. The predicted octanol–water partition coefficient (Wildman–Crippen LogP) is 4.15. The minimum absolute atomic E-state index is 0.209. The maximum atomic E-state index is 14.0. The fraction of sp³-hybridized carbons (Fsp3) is 0.294. The topological polar surface area (TPSA) is 26.0 Å². The molecule has 1 nitrogen and oxygen atoms in total. The van der Waals surface area contributed by atoms with Gasteiger partial charge in [0.15, 0.2) is 0 Å². The van der Waals surface area contributed by atoms with E-state index in [1.807, 2.05) is 18.2 Å². The van der Waals surface area contributed by atoms with E-state index >= 15 is 0 Å². The molecule has 0 aliphatic heterocycles. The monoisotopic (exact) mass is 257 g/mol. The fourth-order valence-electron chi connectivity index (χ4n) is 2.21. The number of halogens is 1. The average Bonchev–Trinajstić information content (AvgIpc) is 2.39. The molecular formula is C17H20FN. The Morgan fingerprint density at radius 3 is 2.16 bits per heavy atom. The molecule has 2 N–H and O–H groups in total. The first kappa shape index (κ1) is 13.8. The van der Waals surface area contributed by atoms with Crippen LogP contribution in [0.25, 0.3) is 11.1 Å². The summed E-state index contributed by atoms with van der Waals surface area (Å²) in [6.45, 7) is 4.75. The van der Waals surface area contributed by atoms with Crippen molar-refractivity contribution in [1.29, 1.82) is 0 Å². The summed E-state index contributed by atoms with van der Waals surface area (Å²) in [6, 6.07) is 13.3. The molecule has 0 aromatic heterocycles. The Labute approximate surface area is 114 Å². The van der Waals surface area contributed by atoms with Gasteiger partial charge in [0.05, 0.1) is 0 Å².